The Morgan fingerprint density at radius 2 is 1.78 bits per heavy atom. The third-order valence-corrected chi connectivity index (χ3v) is 3.36. The second-order valence-corrected chi connectivity index (χ2v) is 5.19. The molecular formula is C18H27NO4. The van der Waals surface area contributed by atoms with Gasteiger partial charge in [-0.05, 0) is 51.1 Å². The fourth-order valence-electron chi connectivity index (χ4n) is 2.18. The summed E-state index contributed by atoms with van der Waals surface area (Å²) in [5.41, 5.74) is 0.562. The standard InChI is InChI=1S/C18H27NO4/c1-4-7-12-19-16(13-17(20)23-6-3)18(21)14-8-10-15(11-9-14)22-5-2/h8-11,16,19H,4-7,12-13H2,1-3H3. The number of carbonyl (C=O) groups is 2. The summed E-state index contributed by atoms with van der Waals surface area (Å²) in [6, 6.07) is 6.44. The van der Waals surface area contributed by atoms with Crippen molar-refractivity contribution >= 4 is 11.8 Å². The molecule has 1 unspecified atom stereocenters. The number of hydrogen-bond acceptors (Lipinski definition) is 5. The highest BCUT2D eigenvalue weighted by Gasteiger charge is 2.23. The minimum absolute atomic E-state index is 0.0452. The summed E-state index contributed by atoms with van der Waals surface area (Å²) >= 11 is 0. The molecule has 0 aliphatic heterocycles. The van der Waals surface area contributed by atoms with E-state index in [1.165, 1.54) is 0 Å². The van der Waals surface area contributed by atoms with Crippen LogP contribution in [0.25, 0.3) is 0 Å². The van der Waals surface area contributed by atoms with Crippen molar-refractivity contribution in [3.8, 4) is 5.75 Å². The van der Waals surface area contributed by atoms with Gasteiger partial charge in [0.15, 0.2) is 5.78 Å². The lowest BCUT2D eigenvalue weighted by atomic mass is 10.0. The summed E-state index contributed by atoms with van der Waals surface area (Å²) in [6.45, 7) is 7.34. The molecular weight excluding hydrogens is 294 g/mol. The molecule has 5 heteroatoms. The van der Waals surface area contributed by atoms with Crippen LogP contribution in [-0.2, 0) is 9.53 Å². The molecule has 5 nitrogen and oxygen atoms in total. The van der Waals surface area contributed by atoms with Crippen molar-refractivity contribution in [3.05, 3.63) is 29.8 Å². The van der Waals surface area contributed by atoms with Gasteiger partial charge in [0.2, 0.25) is 0 Å². The number of carbonyl (C=O) groups excluding carboxylic acids is 2. The van der Waals surface area contributed by atoms with Crippen LogP contribution in [0.2, 0.25) is 0 Å². The zero-order valence-corrected chi connectivity index (χ0v) is 14.3. The largest absolute Gasteiger partial charge is 0.494 e. The predicted octanol–water partition coefficient (Wildman–Crippen LogP) is 2.98. The fourth-order valence-corrected chi connectivity index (χ4v) is 2.18. The van der Waals surface area contributed by atoms with Crippen molar-refractivity contribution in [2.75, 3.05) is 19.8 Å². The van der Waals surface area contributed by atoms with E-state index in [9.17, 15) is 9.59 Å². The summed E-state index contributed by atoms with van der Waals surface area (Å²) < 4.78 is 10.3. The first-order valence-corrected chi connectivity index (χ1v) is 8.28. The van der Waals surface area contributed by atoms with Gasteiger partial charge in [-0.15, -0.1) is 0 Å². The Labute approximate surface area is 138 Å². The van der Waals surface area contributed by atoms with Crippen LogP contribution in [0.5, 0.6) is 5.75 Å². The van der Waals surface area contributed by atoms with E-state index < -0.39 is 6.04 Å². The SMILES string of the molecule is CCCCNC(CC(=O)OCC)C(=O)c1ccc(OCC)cc1. The van der Waals surface area contributed by atoms with E-state index in [2.05, 4.69) is 12.2 Å². The molecule has 0 amide bonds. The molecule has 0 aliphatic rings. The Kier molecular flexibility index (Phi) is 8.98. The number of benzene rings is 1. The first-order chi connectivity index (χ1) is 11.1. The second-order valence-electron chi connectivity index (χ2n) is 5.19. The Balaban J connectivity index is 2.77. The van der Waals surface area contributed by atoms with Gasteiger partial charge in [0.05, 0.1) is 25.7 Å². The number of ether oxygens (including phenoxy) is 2. The van der Waals surface area contributed by atoms with Crippen LogP contribution < -0.4 is 10.1 Å². The number of hydrogen-bond donors (Lipinski definition) is 1. The highest BCUT2D eigenvalue weighted by molar-refractivity contribution is 6.01. The molecule has 1 aromatic rings. The summed E-state index contributed by atoms with van der Waals surface area (Å²) in [7, 11) is 0. The summed E-state index contributed by atoms with van der Waals surface area (Å²) in [6.07, 6.45) is 2.02. The van der Waals surface area contributed by atoms with Gasteiger partial charge < -0.3 is 14.8 Å². The van der Waals surface area contributed by atoms with Gasteiger partial charge in [0, 0.05) is 5.56 Å². The van der Waals surface area contributed by atoms with E-state index in [-0.39, 0.29) is 18.2 Å². The predicted molar refractivity (Wildman–Crippen MR) is 89.9 cm³/mol. The normalized spacial score (nSPS) is 11.8. The number of unbranched alkanes of at least 4 members (excludes halogenated alkanes) is 1. The molecule has 128 valence electrons. The van der Waals surface area contributed by atoms with Gasteiger partial charge in [0.25, 0.3) is 0 Å². The van der Waals surface area contributed by atoms with Crippen LogP contribution in [0.3, 0.4) is 0 Å². The molecule has 0 aromatic heterocycles. The average Bonchev–Trinajstić information content (AvgIpc) is 2.55. The van der Waals surface area contributed by atoms with E-state index in [0.717, 1.165) is 18.6 Å². The zero-order valence-electron chi connectivity index (χ0n) is 14.3. The van der Waals surface area contributed by atoms with Crippen molar-refractivity contribution < 1.29 is 19.1 Å². The molecule has 0 bridgehead atoms. The Hall–Kier alpha value is -1.88. The van der Waals surface area contributed by atoms with Crippen molar-refractivity contribution in [3.63, 3.8) is 0 Å². The lowest BCUT2D eigenvalue weighted by Gasteiger charge is -2.17. The number of rotatable bonds is 11. The van der Waals surface area contributed by atoms with E-state index >= 15 is 0 Å². The van der Waals surface area contributed by atoms with Crippen LogP contribution in [0.1, 0.15) is 50.4 Å². The lowest BCUT2D eigenvalue weighted by molar-refractivity contribution is -0.143. The van der Waals surface area contributed by atoms with Gasteiger partial charge in [-0.3, -0.25) is 9.59 Å². The smallest absolute Gasteiger partial charge is 0.307 e. The number of ketones is 1. The maximum atomic E-state index is 12.6. The zero-order chi connectivity index (χ0) is 17.1. The van der Waals surface area contributed by atoms with Crippen LogP contribution in [0.15, 0.2) is 24.3 Å². The van der Waals surface area contributed by atoms with Crippen molar-refractivity contribution in [2.24, 2.45) is 0 Å². The van der Waals surface area contributed by atoms with Gasteiger partial charge in [-0.2, -0.15) is 0 Å². The highest BCUT2D eigenvalue weighted by atomic mass is 16.5. The van der Waals surface area contributed by atoms with E-state index in [0.29, 0.717) is 25.3 Å². The summed E-state index contributed by atoms with van der Waals surface area (Å²) in [5.74, 6) is 0.267. The molecule has 1 atom stereocenters. The minimum atomic E-state index is -0.557. The maximum Gasteiger partial charge on any atom is 0.307 e. The molecule has 0 saturated heterocycles. The molecule has 23 heavy (non-hydrogen) atoms. The van der Waals surface area contributed by atoms with Crippen molar-refractivity contribution in [2.45, 2.75) is 46.1 Å². The monoisotopic (exact) mass is 321 g/mol. The van der Waals surface area contributed by atoms with Gasteiger partial charge in [-0.25, -0.2) is 0 Å². The summed E-state index contributed by atoms with van der Waals surface area (Å²) in [5, 5.41) is 3.17. The third-order valence-electron chi connectivity index (χ3n) is 3.36. The van der Waals surface area contributed by atoms with Crippen LogP contribution in [-0.4, -0.2) is 37.6 Å². The van der Waals surface area contributed by atoms with Gasteiger partial charge in [-0.1, -0.05) is 13.3 Å². The Morgan fingerprint density at radius 3 is 2.35 bits per heavy atom. The van der Waals surface area contributed by atoms with Crippen LogP contribution >= 0.6 is 0 Å². The molecule has 1 rings (SSSR count). The van der Waals surface area contributed by atoms with Gasteiger partial charge in [0.1, 0.15) is 5.75 Å². The average molecular weight is 321 g/mol. The van der Waals surface area contributed by atoms with Gasteiger partial charge >= 0.3 is 5.97 Å². The topological polar surface area (TPSA) is 64.6 Å². The molecule has 0 spiro atoms. The molecule has 1 N–H and O–H groups in total. The number of Topliss-reactive ketones (excluding diaryl/α,β-unsaturated/α-hetero) is 1. The first-order valence-electron chi connectivity index (χ1n) is 8.28. The quantitative estimate of drug-likeness (QED) is 0.386. The van der Waals surface area contributed by atoms with Crippen LogP contribution in [0, 0.1) is 0 Å². The highest BCUT2D eigenvalue weighted by Crippen LogP contribution is 2.14. The van der Waals surface area contributed by atoms with Crippen molar-refractivity contribution in [1.29, 1.82) is 0 Å². The number of esters is 1. The fraction of sp³-hybridized carbons (Fsp3) is 0.556. The Morgan fingerprint density at radius 1 is 1.09 bits per heavy atom. The third kappa shape index (κ3) is 6.82. The molecule has 0 fully saturated rings. The molecule has 0 saturated carbocycles. The van der Waals surface area contributed by atoms with Crippen LogP contribution in [0.4, 0.5) is 0 Å². The molecule has 0 radical (unpaired) electrons. The molecule has 0 heterocycles. The number of nitrogens with one attached hydrogen (secondary N) is 1. The van der Waals surface area contributed by atoms with E-state index in [1.54, 1.807) is 31.2 Å². The minimum Gasteiger partial charge on any atom is -0.494 e. The first kappa shape index (κ1) is 19.2. The summed E-state index contributed by atoms with van der Waals surface area (Å²) in [4.78, 5) is 24.4. The maximum absolute atomic E-state index is 12.6. The molecule has 1 aromatic carbocycles. The molecule has 0 aliphatic carbocycles. The van der Waals surface area contributed by atoms with E-state index in [4.69, 9.17) is 9.47 Å². The Bertz CT molecular complexity index is 484. The second kappa shape index (κ2) is 10.8. The van der Waals surface area contributed by atoms with E-state index in [1.807, 2.05) is 6.92 Å². The van der Waals surface area contributed by atoms with Crippen molar-refractivity contribution in [1.82, 2.24) is 5.32 Å². The lowest BCUT2D eigenvalue weighted by Crippen LogP contribution is -2.39.